The molecule has 0 aliphatic heterocycles. The van der Waals surface area contributed by atoms with Crippen molar-refractivity contribution in [3.8, 4) is 17.2 Å². The number of ketones is 1. The Balaban J connectivity index is 2.35. The van der Waals surface area contributed by atoms with E-state index in [1.165, 1.54) is 27.4 Å². The molecule has 5 nitrogen and oxygen atoms in total. The number of allylic oxidation sites excluding steroid dienone is 1. The average Bonchev–Trinajstić information content (AvgIpc) is 2.58. The molecular formula is C17H17NO4. The Morgan fingerprint density at radius 2 is 1.77 bits per heavy atom. The minimum Gasteiger partial charge on any atom is -0.493 e. The molecule has 1 aromatic heterocycles. The molecule has 0 saturated heterocycles. The van der Waals surface area contributed by atoms with Crippen LogP contribution in [0.3, 0.4) is 0 Å². The quantitative estimate of drug-likeness (QED) is 0.606. The third kappa shape index (κ3) is 3.25. The molecule has 0 bridgehead atoms. The van der Waals surface area contributed by atoms with Gasteiger partial charge in [0.05, 0.1) is 32.6 Å². The number of carbonyl (C=O) groups is 1. The van der Waals surface area contributed by atoms with Crippen molar-refractivity contribution in [1.29, 1.82) is 0 Å². The fraction of sp³-hybridized carbons (Fsp3) is 0.176. The Kier molecular flexibility index (Phi) is 5.14. The molecular weight excluding hydrogens is 282 g/mol. The Morgan fingerprint density at radius 3 is 2.36 bits per heavy atom. The van der Waals surface area contributed by atoms with Gasteiger partial charge in [-0.15, -0.1) is 0 Å². The zero-order valence-electron chi connectivity index (χ0n) is 12.7. The predicted octanol–water partition coefficient (Wildman–Crippen LogP) is 3.00. The highest BCUT2D eigenvalue weighted by Crippen LogP contribution is 2.39. The van der Waals surface area contributed by atoms with Crippen LogP contribution in [0.2, 0.25) is 0 Å². The van der Waals surface area contributed by atoms with Crippen molar-refractivity contribution in [2.45, 2.75) is 0 Å². The van der Waals surface area contributed by atoms with Gasteiger partial charge in [0.15, 0.2) is 17.3 Å². The first-order valence-electron chi connectivity index (χ1n) is 6.63. The first-order valence-corrected chi connectivity index (χ1v) is 6.63. The molecule has 5 heteroatoms. The van der Waals surface area contributed by atoms with Gasteiger partial charge in [0.25, 0.3) is 0 Å². The van der Waals surface area contributed by atoms with Crippen molar-refractivity contribution < 1.29 is 19.0 Å². The number of benzene rings is 1. The van der Waals surface area contributed by atoms with Crippen LogP contribution in [-0.2, 0) is 0 Å². The summed E-state index contributed by atoms with van der Waals surface area (Å²) in [5.41, 5.74) is 1.10. The van der Waals surface area contributed by atoms with Gasteiger partial charge in [-0.25, -0.2) is 0 Å². The highest BCUT2D eigenvalue weighted by atomic mass is 16.5. The molecule has 0 unspecified atom stereocenters. The molecule has 0 amide bonds. The molecule has 0 N–H and O–H groups in total. The molecule has 1 heterocycles. The molecule has 0 spiro atoms. The van der Waals surface area contributed by atoms with Gasteiger partial charge in [0, 0.05) is 6.20 Å². The maximum absolute atomic E-state index is 12.4. The second-order valence-electron chi connectivity index (χ2n) is 4.33. The highest BCUT2D eigenvalue weighted by molar-refractivity contribution is 6.09. The van der Waals surface area contributed by atoms with Crippen LogP contribution in [0.25, 0.3) is 6.08 Å². The van der Waals surface area contributed by atoms with Crippen LogP contribution in [0.15, 0.2) is 42.6 Å². The summed E-state index contributed by atoms with van der Waals surface area (Å²) in [5.74, 6) is 1.03. The highest BCUT2D eigenvalue weighted by Gasteiger charge is 2.19. The molecule has 114 valence electrons. The van der Waals surface area contributed by atoms with Crippen LogP contribution >= 0.6 is 0 Å². The summed E-state index contributed by atoms with van der Waals surface area (Å²) in [6.45, 7) is 0. The number of methoxy groups -OCH3 is 3. The van der Waals surface area contributed by atoms with E-state index in [-0.39, 0.29) is 5.78 Å². The molecule has 0 saturated carbocycles. The van der Waals surface area contributed by atoms with Crippen molar-refractivity contribution in [2.75, 3.05) is 21.3 Å². The van der Waals surface area contributed by atoms with Crippen LogP contribution in [0.5, 0.6) is 17.2 Å². The minimum atomic E-state index is -0.205. The van der Waals surface area contributed by atoms with E-state index < -0.39 is 0 Å². The molecule has 2 aromatic rings. The molecule has 0 aliphatic rings. The molecule has 1 aromatic carbocycles. The van der Waals surface area contributed by atoms with Gasteiger partial charge in [-0.2, -0.15) is 0 Å². The summed E-state index contributed by atoms with van der Waals surface area (Å²) in [6.07, 6.45) is 4.77. The third-order valence-corrected chi connectivity index (χ3v) is 3.06. The SMILES string of the molecule is COc1ccc(C(=O)C=Cc2ccccn2)c(OC)c1OC. The first kappa shape index (κ1) is 15.6. The average molecular weight is 299 g/mol. The summed E-state index contributed by atoms with van der Waals surface area (Å²) < 4.78 is 15.8. The number of hydrogen-bond donors (Lipinski definition) is 0. The van der Waals surface area contributed by atoms with E-state index in [4.69, 9.17) is 14.2 Å². The summed E-state index contributed by atoms with van der Waals surface area (Å²) >= 11 is 0. The molecule has 0 radical (unpaired) electrons. The number of hydrogen-bond acceptors (Lipinski definition) is 5. The Morgan fingerprint density at radius 1 is 1.00 bits per heavy atom. The summed E-state index contributed by atoms with van der Waals surface area (Å²) in [7, 11) is 4.51. The lowest BCUT2D eigenvalue weighted by molar-refractivity contribution is 0.104. The van der Waals surface area contributed by atoms with Crippen LogP contribution in [-0.4, -0.2) is 32.1 Å². The van der Waals surface area contributed by atoms with Crippen LogP contribution < -0.4 is 14.2 Å². The minimum absolute atomic E-state index is 0.205. The molecule has 0 aliphatic carbocycles. The third-order valence-electron chi connectivity index (χ3n) is 3.06. The van der Waals surface area contributed by atoms with E-state index >= 15 is 0 Å². The standard InChI is InChI=1S/C17H17NO4/c1-20-15-10-8-13(16(21-2)17(15)22-3)14(19)9-7-12-6-4-5-11-18-12/h4-11H,1-3H3. The second kappa shape index (κ2) is 7.26. The van der Waals surface area contributed by atoms with Gasteiger partial charge in [0.2, 0.25) is 5.75 Å². The van der Waals surface area contributed by atoms with Crippen molar-refractivity contribution >= 4 is 11.9 Å². The second-order valence-corrected chi connectivity index (χ2v) is 4.33. The van der Waals surface area contributed by atoms with E-state index in [0.717, 1.165) is 0 Å². The summed E-state index contributed by atoms with van der Waals surface area (Å²) in [6, 6.07) is 8.80. The van der Waals surface area contributed by atoms with E-state index in [9.17, 15) is 4.79 Å². The maximum Gasteiger partial charge on any atom is 0.204 e. The Hall–Kier alpha value is -2.82. The van der Waals surface area contributed by atoms with Gasteiger partial charge in [-0.1, -0.05) is 6.07 Å². The van der Waals surface area contributed by atoms with Crippen molar-refractivity contribution in [1.82, 2.24) is 4.98 Å². The molecule has 22 heavy (non-hydrogen) atoms. The van der Waals surface area contributed by atoms with Gasteiger partial charge in [-0.05, 0) is 36.4 Å². The van der Waals surface area contributed by atoms with Gasteiger partial charge >= 0.3 is 0 Å². The van der Waals surface area contributed by atoms with Crippen LogP contribution in [0, 0.1) is 0 Å². The van der Waals surface area contributed by atoms with E-state index in [1.54, 1.807) is 24.4 Å². The Bertz CT molecular complexity index is 681. The van der Waals surface area contributed by atoms with Crippen LogP contribution in [0.4, 0.5) is 0 Å². The number of ether oxygens (including phenoxy) is 3. The summed E-state index contributed by atoms with van der Waals surface area (Å²) in [5, 5.41) is 0. The summed E-state index contributed by atoms with van der Waals surface area (Å²) in [4.78, 5) is 16.5. The number of aromatic nitrogens is 1. The maximum atomic E-state index is 12.4. The predicted molar refractivity (Wildman–Crippen MR) is 83.7 cm³/mol. The number of nitrogens with zero attached hydrogens (tertiary/aromatic N) is 1. The lowest BCUT2D eigenvalue weighted by Crippen LogP contribution is -2.03. The van der Waals surface area contributed by atoms with E-state index in [0.29, 0.717) is 28.5 Å². The smallest absolute Gasteiger partial charge is 0.204 e. The molecule has 0 atom stereocenters. The fourth-order valence-electron chi connectivity index (χ4n) is 2.02. The lowest BCUT2D eigenvalue weighted by Gasteiger charge is -2.14. The number of pyridine rings is 1. The Labute approximate surface area is 129 Å². The number of rotatable bonds is 6. The van der Waals surface area contributed by atoms with Crippen molar-refractivity contribution in [3.63, 3.8) is 0 Å². The van der Waals surface area contributed by atoms with E-state index in [2.05, 4.69) is 4.98 Å². The fourth-order valence-corrected chi connectivity index (χ4v) is 2.02. The zero-order valence-corrected chi connectivity index (χ0v) is 12.7. The zero-order chi connectivity index (χ0) is 15.9. The van der Waals surface area contributed by atoms with E-state index in [1.807, 2.05) is 18.2 Å². The lowest BCUT2D eigenvalue weighted by atomic mass is 10.1. The number of carbonyl (C=O) groups excluding carboxylic acids is 1. The first-order chi connectivity index (χ1) is 10.7. The monoisotopic (exact) mass is 299 g/mol. The van der Waals surface area contributed by atoms with Gasteiger partial charge < -0.3 is 14.2 Å². The van der Waals surface area contributed by atoms with Crippen LogP contribution in [0.1, 0.15) is 16.1 Å². The molecule has 2 rings (SSSR count). The largest absolute Gasteiger partial charge is 0.493 e. The topological polar surface area (TPSA) is 57.7 Å². The normalized spacial score (nSPS) is 10.5. The van der Waals surface area contributed by atoms with Crippen molar-refractivity contribution in [3.05, 3.63) is 53.9 Å². The van der Waals surface area contributed by atoms with Crippen molar-refractivity contribution in [2.24, 2.45) is 0 Å². The molecule has 0 fully saturated rings. The van der Waals surface area contributed by atoms with Gasteiger partial charge in [0.1, 0.15) is 0 Å². The van der Waals surface area contributed by atoms with Gasteiger partial charge in [-0.3, -0.25) is 9.78 Å².